The zero-order valence-corrected chi connectivity index (χ0v) is 16.5. The molecule has 3 rings (SSSR count). The van der Waals surface area contributed by atoms with E-state index in [-0.39, 0.29) is 6.61 Å². The number of ether oxygens (including phenoxy) is 3. The highest BCUT2D eigenvalue weighted by Crippen LogP contribution is 2.30. The number of allylic oxidation sites excluding steroid dienone is 1. The molecule has 0 spiro atoms. The van der Waals surface area contributed by atoms with Crippen LogP contribution >= 0.6 is 0 Å². The van der Waals surface area contributed by atoms with Gasteiger partial charge in [-0.05, 0) is 55.3 Å². The van der Waals surface area contributed by atoms with Crippen molar-refractivity contribution >= 4 is 28.7 Å². The van der Waals surface area contributed by atoms with Gasteiger partial charge in [0.1, 0.15) is 11.9 Å². The van der Waals surface area contributed by atoms with Gasteiger partial charge < -0.3 is 19.2 Å². The highest BCUT2D eigenvalue weighted by Gasteiger charge is 2.11. The van der Waals surface area contributed by atoms with E-state index in [0.717, 1.165) is 22.2 Å². The van der Waals surface area contributed by atoms with Crippen molar-refractivity contribution in [3.8, 4) is 17.6 Å². The first kappa shape index (κ1) is 20.0. The summed E-state index contributed by atoms with van der Waals surface area (Å²) in [5.41, 5.74) is 3.91. The van der Waals surface area contributed by atoms with Gasteiger partial charge in [0.2, 0.25) is 0 Å². The number of hydrogen-bond donors (Lipinski definition) is 1. The smallest absolute Gasteiger partial charge is 0.344 e. The van der Waals surface area contributed by atoms with Crippen LogP contribution in [0.1, 0.15) is 23.9 Å². The Bertz CT molecular complexity index is 1110. The number of esters is 1. The number of nitriles is 1. The Hall–Kier alpha value is -3.79. The number of methoxy groups -OCH3 is 1. The molecule has 0 fully saturated rings. The molecule has 7 nitrogen and oxygen atoms in total. The number of aromatic amines is 1. The molecule has 0 saturated heterocycles. The van der Waals surface area contributed by atoms with Gasteiger partial charge in [-0.2, -0.15) is 5.26 Å². The van der Waals surface area contributed by atoms with Crippen LogP contribution in [-0.4, -0.2) is 36.3 Å². The molecule has 148 valence electrons. The van der Waals surface area contributed by atoms with E-state index in [1.54, 1.807) is 31.2 Å². The van der Waals surface area contributed by atoms with Gasteiger partial charge in [-0.1, -0.05) is 12.1 Å². The number of imidazole rings is 1. The van der Waals surface area contributed by atoms with E-state index in [0.29, 0.717) is 29.5 Å². The Morgan fingerprint density at radius 2 is 2.07 bits per heavy atom. The first-order chi connectivity index (χ1) is 14.0. The molecule has 0 amide bonds. The number of H-pyrrole nitrogens is 1. The number of carbonyl (C=O) groups is 1. The van der Waals surface area contributed by atoms with Gasteiger partial charge in [-0.3, -0.25) is 0 Å². The number of benzene rings is 2. The van der Waals surface area contributed by atoms with Gasteiger partial charge in [0.05, 0.1) is 30.3 Å². The molecule has 1 heterocycles. The predicted octanol–water partition coefficient (Wildman–Crippen LogP) is 3.89. The van der Waals surface area contributed by atoms with E-state index in [1.165, 1.54) is 7.11 Å². The van der Waals surface area contributed by atoms with Gasteiger partial charge in [0.15, 0.2) is 18.1 Å². The number of aryl methyl sites for hydroxylation is 1. The topological polar surface area (TPSA) is 97.2 Å². The Morgan fingerprint density at radius 3 is 2.79 bits per heavy atom. The van der Waals surface area contributed by atoms with Crippen molar-refractivity contribution in [3.63, 3.8) is 0 Å². The van der Waals surface area contributed by atoms with Gasteiger partial charge in [0, 0.05) is 0 Å². The molecule has 0 atom stereocenters. The molecule has 29 heavy (non-hydrogen) atoms. The molecule has 7 heteroatoms. The quantitative estimate of drug-likeness (QED) is 0.485. The molecule has 2 aromatic carbocycles. The molecule has 1 N–H and O–H groups in total. The van der Waals surface area contributed by atoms with Crippen molar-refractivity contribution in [2.45, 2.75) is 13.8 Å². The molecule has 3 aromatic rings. The lowest BCUT2D eigenvalue weighted by molar-refractivity contribution is -0.145. The lowest BCUT2D eigenvalue weighted by Crippen LogP contribution is -2.14. The molecule has 0 unspecified atom stereocenters. The molecule has 0 saturated carbocycles. The molecule has 0 bridgehead atoms. The third kappa shape index (κ3) is 4.74. The van der Waals surface area contributed by atoms with Gasteiger partial charge >= 0.3 is 5.97 Å². The lowest BCUT2D eigenvalue weighted by Gasteiger charge is -2.11. The number of fused-ring (bicyclic) bond motifs is 1. The number of aromatic nitrogens is 2. The largest absolute Gasteiger partial charge is 0.493 e. The molecular weight excluding hydrogens is 370 g/mol. The van der Waals surface area contributed by atoms with Crippen LogP contribution < -0.4 is 9.47 Å². The predicted molar refractivity (Wildman–Crippen MR) is 109 cm³/mol. The highest BCUT2D eigenvalue weighted by atomic mass is 16.6. The Morgan fingerprint density at radius 1 is 1.24 bits per heavy atom. The zero-order chi connectivity index (χ0) is 20.8. The van der Waals surface area contributed by atoms with E-state index in [9.17, 15) is 10.1 Å². The third-order valence-electron chi connectivity index (χ3n) is 4.16. The summed E-state index contributed by atoms with van der Waals surface area (Å²) in [7, 11) is 1.51. The van der Waals surface area contributed by atoms with Crippen LogP contribution in [0.25, 0.3) is 22.7 Å². The fourth-order valence-electron chi connectivity index (χ4n) is 2.80. The number of carbonyl (C=O) groups excluding carboxylic acids is 1. The van der Waals surface area contributed by atoms with Crippen LogP contribution in [0.4, 0.5) is 0 Å². The normalized spacial score (nSPS) is 11.2. The lowest BCUT2D eigenvalue weighted by atomic mass is 10.1. The maximum atomic E-state index is 11.5. The van der Waals surface area contributed by atoms with Crippen LogP contribution in [0, 0.1) is 18.3 Å². The summed E-state index contributed by atoms with van der Waals surface area (Å²) < 4.78 is 15.7. The minimum absolute atomic E-state index is 0.207. The summed E-state index contributed by atoms with van der Waals surface area (Å²) in [6, 6.07) is 13.2. The van der Waals surface area contributed by atoms with Crippen molar-refractivity contribution < 1.29 is 19.0 Å². The fourth-order valence-corrected chi connectivity index (χ4v) is 2.80. The van der Waals surface area contributed by atoms with E-state index in [2.05, 4.69) is 16.0 Å². The van der Waals surface area contributed by atoms with Crippen molar-refractivity contribution in [2.75, 3.05) is 20.3 Å². The second-order valence-corrected chi connectivity index (χ2v) is 6.28. The van der Waals surface area contributed by atoms with Crippen molar-refractivity contribution in [1.29, 1.82) is 5.26 Å². The summed E-state index contributed by atoms with van der Waals surface area (Å²) in [5.74, 6) is 0.899. The maximum Gasteiger partial charge on any atom is 0.344 e. The van der Waals surface area contributed by atoms with Gasteiger partial charge in [0.25, 0.3) is 0 Å². The molecule has 0 aliphatic rings. The first-order valence-electron chi connectivity index (χ1n) is 9.09. The summed E-state index contributed by atoms with van der Waals surface area (Å²) in [5, 5.41) is 9.61. The van der Waals surface area contributed by atoms with E-state index < -0.39 is 5.97 Å². The summed E-state index contributed by atoms with van der Waals surface area (Å²) in [4.78, 5) is 19.2. The average Bonchev–Trinajstić information content (AvgIpc) is 3.13. The minimum atomic E-state index is -0.453. The van der Waals surface area contributed by atoms with Gasteiger partial charge in [-0.15, -0.1) is 0 Å². The first-order valence-corrected chi connectivity index (χ1v) is 9.09. The van der Waals surface area contributed by atoms with E-state index >= 15 is 0 Å². The number of hydrogen-bond acceptors (Lipinski definition) is 6. The monoisotopic (exact) mass is 391 g/mol. The summed E-state index contributed by atoms with van der Waals surface area (Å²) >= 11 is 0. The van der Waals surface area contributed by atoms with E-state index in [1.807, 2.05) is 25.1 Å². The SMILES string of the molecule is CCOC(=O)COc1ccc(/C=C(/C#N)c2nc3ccc(C)cc3[nH]2)cc1OC. The minimum Gasteiger partial charge on any atom is -0.493 e. The maximum absolute atomic E-state index is 11.5. The van der Waals surface area contributed by atoms with Crippen LogP contribution in [0.5, 0.6) is 11.5 Å². The fraction of sp³-hybridized carbons (Fsp3) is 0.227. The van der Waals surface area contributed by atoms with Crippen molar-refractivity contribution in [2.24, 2.45) is 0 Å². The molecule has 0 aliphatic carbocycles. The molecular formula is C22H21N3O4. The Kier molecular flexibility index (Phi) is 6.15. The van der Waals surface area contributed by atoms with Crippen LogP contribution in [0.15, 0.2) is 36.4 Å². The highest BCUT2D eigenvalue weighted by molar-refractivity contribution is 5.90. The van der Waals surface area contributed by atoms with Gasteiger partial charge in [-0.25, -0.2) is 9.78 Å². The number of rotatable bonds is 7. The van der Waals surface area contributed by atoms with Crippen LogP contribution in [0.3, 0.4) is 0 Å². The molecule has 0 radical (unpaired) electrons. The summed E-state index contributed by atoms with van der Waals surface area (Å²) in [6.45, 7) is 3.82. The van der Waals surface area contributed by atoms with E-state index in [4.69, 9.17) is 14.2 Å². The van der Waals surface area contributed by atoms with Crippen molar-refractivity contribution in [1.82, 2.24) is 9.97 Å². The molecule has 0 aliphatic heterocycles. The number of nitrogens with zero attached hydrogens (tertiary/aromatic N) is 2. The number of nitrogens with one attached hydrogen (secondary N) is 1. The third-order valence-corrected chi connectivity index (χ3v) is 4.16. The second kappa shape index (κ2) is 8.93. The average molecular weight is 391 g/mol. The molecule has 1 aromatic heterocycles. The Labute approximate surface area is 168 Å². The van der Waals surface area contributed by atoms with Crippen LogP contribution in [-0.2, 0) is 9.53 Å². The standard InChI is InChI=1S/C22H21N3O4/c1-4-28-21(26)13-29-19-8-6-15(11-20(19)27-3)10-16(12-23)22-24-17-7-5-14(2)9-18(17)25-22/h5-11H,4,13H2,1-3H3,(H,24,25)/b16-10-. The Balaban J connectivity index is 1.86. The van der Waals surface area contributed by atoms with Crippen LogP contribution in [0.2, 0.25) is 0 Å². The van der Waals surface area contributed by atoms with Crippen molar-refractivity contribution in [3.05, 3.63) is 53.3 Å². The zero-order valence-electron chi connectivity index (χ0n) is 16.5. The summed E-state index contributed by atoms with van der Waals surface area (Å²) in [6.07, 6.45) is 1.71. The second-order valence-electron chi connectivity index (χ2n) is 6.28.